The van der Waals surface area contributed by atoms with E-state index in [0.29, 0.717) is 6.42 Å². The highest BCUT2D eigenvalue weighted by molar-refractivity contribution is 14.1. The second-order valence-corrected chi connectivity index (χ2v) is 5.71. The lowest BCUT2D eigenvalue weighted by atomic mass is 10.0. The summed E-state index contributed by atoms with van der Waals surface area (Å²) in [6.07, 6.45) is 1.98. The van der Waals surface area contributed by atoms with E-state index in [4.69, 9.17) is 4.84 Å². The van der Waals surface area contributed by atoms with E-state index < -0.39 is 0 Å². The molecule has 1 fully saturated rings. The van der Waals surface area contributed by atoms with Crippen molar-refractivity contribution in [3.05, 3.63) is 0 Å². The summed E-state index contributed by atoms with van der Waals surface area (Å²) in [4.78, 5) is 41.8. The average Bonchev–Trinajstić information content (AvgIpc) is 2.72. The van der Waals surface area contributed by atoms with E-state index in [0.717, 1.165) is 22.6 Å². The summed E-state index contributed by atoms with van der Waals surface area (Å²) in [5, 5.41) is 0.812. The van der Waals surface area contributed by atoms with Crippen LogP contribution in [-0.2, 0) is 19.2 Å². The standard InChI is InChI=1S/C13H21IN2O4/c1-10(17)11(4-3-7-15(2)9-14)8-20-16-12(18)5-6-13(16)19/h11H,3-9H2,1-2H3. The number of alkyl halides is 1. The monoisotopic (exact) mass is 396 g/mol. The van der Waals surface area contributed by atoms with Crippen LogP contribution < -0.4 is 0 Å². The second kappa shape index (κ2) is 8.68. The molecule has 0 spiro atoms. The summed E-state index contributed by atoms with van der Waals surface area (Å²) < 4.78 is 0.940. The molecule has 1 rings (SSSR count). The lowest BCUT2D eigenvalue weighted by molar-refractivity contribution is -0.191. The van der Waals surface area contributed by atoms with Crippen molar-refractivity contribution in [1.29, 1.82) is 0 Å². The molecule has 0 aromatic rings. The minimum Gasteiger partial charge on any atom is -0.300 e. The van der Waals surface area contributed by atoms with Gasteiger partial charge in [0.2, 0.25) is 0 Å². The predicted octanol–water partition coefficient (Wildman–Crippen LogP) is 1.38. The Hall–Kier alpha value is -0.540. The molecular formula is C13H21IN2O4. The van der Waals surface area contributed by atoms with Crippen LogP contribution in [0.5, 0.6) is 0 Å². The lowest BCUT2D eigenvalue weighted by Gasteiger charge is -2.19. The van der Waals surface area contributed by atoms with Crippen molar-refractivity contribution in [2.45, 2.75) is 32.6 Å². The van der Waals surface area contributed by atoms with Gasteiger partial charge in [-0.3, -0.25) is 24.1 Å². The first-order valence-electron chi connectivity index (χ1n) is 6.69. The van der Waals surface area contributed by atoms with Crippen molar-refractivity contribution in [1.82, 2.24) is 9.96 Å². The summed E-state index contributed by atoms with van der Waals surface area (Å²) >= 11 is 2.28. The summed E-state index contributed by atoms with van der Waals surface area (Å²) in [5.74, 6) is -0.871. The zero-order valence-corrected chi connectivity index (χ0v) is 14.1. The van der Waals surface area contributed by atoms with Gasteiger partial charge in [-0.15, -0.1) is 0 Å². The van der Waals surface area contributed by atoms with Crippen LogP contribution in [0.4, 0.5) is 0 Å². The molecule has 1 heterocycles. The van der Waals surface area contributed by atoms with Crippen molar-refractivity contribution in [3.63, 3.8) is 0 Å². The fourth-order valence-electron chi connectivity index (χ4n) is 1.94. The normalized spacial score (nSPS) is 17.1. The molecule has 1 unspecified atom stereocenters. The van der Waals surface area contributed by atoms with Gasteiger partial charge in [0.1, 0.15) is 5.78 Å². The van der Waals surface area contributed by atoms with Gasteiger partial charge in [-0.05, 0) is 33.4 Å². The summed E-state index contributed by atoms with van der Waals surface area (Å²) in [7, 11) is 2.02. The number of rotatable bonds is 9. The number of carbonyl (C=O) groups excluding carboxylic acids is 3. The van der Waals surface area contributed by atoms with E-state index >= 15 is 0 Å². The van der Waals surface area contributed by atoms with E-state index in [2.05, 4.69) is 27.5 Å². The predicted molar refractivity (Wildman–Crippen MR) is 82.0 cm³/mol. The number of ketones is 1. The summed E-state index contributed by atoms with van der Waals surface area (Å²) in [5.41, 5.74) is 0. The number of hydrogen-bond donors (Lipinski definition) is 0. The molecule has 1 atom stereocenters. The maximum Gasteiger partial charge on any atom is 0.253 e. The van der Waals surface area contributed by atoms with E-state index in [-0.39, 0.29) is 43.0 Å². The van der Waals surface area contributed by atoms with Crippen molar-refractivity contribution >= 4 is 40.2 Å². The van der Waals surface area contributed by atoms with Crippen molar-refractivity contribution in [2.24, 2.45) is 5.92 Å². The third-order valence-electron chi connectivity index (χ3n) is 3.28. The molecule has 0 bridgehead atoms. The fraction of sp³-hybridized carbons (Fsp3) is 0.769. The molecule has 1 saturated heterocycles. The van der Waals surface area contributed by atoms with Crippen molar-refractivity contribution < 1.29 is 19.2 Å². The lowest BCUT2D eigenvalue weighted by Crippen LogP contribution is -2.33. The van der Waals surface area contributed by atoms with Crippen LogP contribution in [0.2, 0.25) is 0 Å². The van der Waals surface area contributed by atoms with Gasteiger partial charge in [-0.2, -0.15) is 5.06 Å². The topological polar surface area (TPSA) is 66.9 Å². The largest absolute Gasteiger partial charge is 0.300 e. The Labute approximate surface area is 132 Å². The molecule has 0 aliphatic carbocycles. The first-order chi connectivity index (χ1) is 9.45. The third-order valence-corrected chi connectivity index (χ3v) is 4.45. The minimum atomic E-state index is -0.318. The van der Waals surface area contributed by atoms with Crippen LogP contribution in [0.1, 0.15) is 32.6 Å². The van der Waals surface area contributed by atoms with Gasteiger partial charge < -0.3 is 0 Å². The molecule has 6 nitrogen and oxygen atoms in total. The van der Waals surface area contributed by atoms with Crippen LogP contribution >= 0.6 is 22.6 Å². The molecule has 20 heavy (non-hydrogen) atoms. The van der Waals surface area contributed by atoms with E-state index in [1.165, 1.54) is 6.92 Å². The number of halogens is 1. The Morgan fingerprint density at radius 2 is 2.00 bits per heavy atom. The van der Waals surface area contributed by atoms with Gasteiger partial charge in [0.15, 0.2) is 0 Å². The van der Waals surface area contributed by atoms with Crippen molar-refractivity contribution in [2.75, 3.05) is 24.8 Å². The molecule has 0 saturated carbocycles. The SMILES string of the molecule is CC(=O)C(CCCN(C)CI)CON1C(=O)CCC1=O. The number of imide groups is 1. The highest BCUT2D eigenvalue weighted by Crippen LogP contribution is 2.15. The number of Topliss-reactive ketones (excluding diaryl/α,β-unsaturated/α-hetero) is 1. The highest BCUT2D eigenvalue weighted by atomic mass is 127. The van der Waals surface area contributed by atoms with Crippen molar-refractivity contribution in [3.8, 4) is 0 Å². The van der Waals surface area contributed by atoms with E-state index in [1.54, 1.807) is 0 Å². The number of hydroxylamine groups is 2. The van der Waals surface area contributed by atoms with Gasteiger partial charge >= 0.3 is 0 Å². The van der Waals surface area contributed by atoms with E-state index in [1.807, 2.05) is 7.05 Å². The molecule has 114 valence electrons. The summed E-state index contributed by atoms with van der Waals surface area (Å²) in [6.45, 7) is 2.53. The van der Waals surface area contributed by atoms with Gasteiger partial charge in [-0.1, -0.05) is 22.6 Å². The van der Waals surface area contributed by atoms with Crippen LogP contribution in [0.15, 0.2) is 0 Å². The molecule has 1 aliphatic rings. The average molecular weight is 396 g/mol. The third kappa shape index (κ3) is 5.45. The Morgan fingerprint density at radius 1 is 1.40 bits per heavy atom. The molecule has 7 heteroatoms. The van der Waals surface area contributed by atoms with Crippen LogP contribution in [-0.4, -0.2) is 52.3 Å². The first-order valence-corrected chi connectivity index (χ1v) is 8.22. The van der Waals surface area contributed by atoms with Crippen LogP contribution in [0, 0.1) is 5.92 Å². The van der Waals surface area contributed by atoms with Crippen LogP contribution in [0.3, 0.4) is 0 Å². The zero-order chi connectivity index (χ0) is 15.1. The van der Waals surface area contributed by atoms with Gasteiger partial charge in [0, 0.05) is 18.8 Å². The maximum absolute atomic E-state index is 11.6. The second-order valence-electron chi connectivity index (χ2n) is 5.03. The molecule has 0 aromatic carbocycles. The van der Waals surface area contributed by atoms with Crippen LogP contribution in [0.25, 0.3) is 0 Å². The summed E-state index contributed by atoms with van der Waals surface area (Å²) in [6, 6.07) is 0. The zero-order valence-electron chi connectivity index (χ0n) is 11.9. The number of carbonyl (C=O) groups is 3. The minimum absolute atomic E-state index is 0.0289. The molecule has 0 N–H and O–H groups in total. The van der Waals surface area contributed by atoms with E-state index in [9.17, 15) is 14.4 Å². The quantitative estimate of drug-likeness (QED) is 0.255. The Balaban J connectivity index is 2.37. The van der Waals surface area contributed by atoms with Gasteiger partial charge in [0.05, 0.1) is 11.2 Å². The number of nitrogens with zero attached hydrogens (tertiary/aromatic N) is 2. The Bertz CT molecular complexity index is 359. The smallest absolute Gasteiger partial charge is 0.253 e. The molecule has 2 amide bonds. The van der Waals surface area contributed by atoms with Gasteiger partial charge in [-0.25, -0.2) is 0 Å². The fourth-order valence-corrected chi connectivity index (χ4v) is 2.28. The highest BCUT2D eigenvalue weighted by Gasteiger charge is 2.31. The number of hydrogen-bond acceptors (Lipinski definition) is 5. The van der Waals surface area contributed by atoms with Gasteiger partial charge in [0.25, 0.3) is 11.8 Å². The maximum atomic E-state index is 11.6. The molecule has 1 aliphatic heterocycles. The molecule has 0 radical (unpaired) electrons. The molecule has 0 aromatic heterocycles. The Morgan fingerprint density at radius 3 is 2.50 bits per heavy atom. The Kier molecular flexibility index (Phi) is 7.60. The first kappa shape index (κ1) is 17.5. The molecular weight excluding hydrogens is 375 g/mol. The number of amides is 2.